The van der Waals surface area contributed by atoms with Crippen LogP contribution in [0.15, 0.2) is 42.0 Å². The van der Waals surface area contributed by atoms with Crippen LogP contribution >= 0.6 is 0 Å². The van der Waals surface area contributed by atoms with E-state index in [0.717, 1.165) is 29.9 Å². The second kappa shape index (κ2) is 9.70. The number of ether oxygens (including phenoxy) is 1. The second-order valence-electron chi connectivity index (χ2n) is 7.20. The van der Waals surface area contributed by atoms with Gasteiger partial charge in [0.2, 0.25) is 0 Å². The van der Waals surface area contributed by atoms with Gasteiger partial charge >= 0.3 is 5.97 Å². The average Bonchev–Trinajstić information content (AvgIpc) is 2.95. The van der Waals surface area contributed by atoms with Crippen LogP contribution in [0.3, 0.4) is 0 Å². The molecule has 28 heavy (non-hydrogen) atoms. The van der Waals surface area contributed by atoms with Crippen molar-refractivity contribution in [1.29, 1.82) is 5.26 Å². The third-order valence-electron chi connectivity index (χ3n) is 4.61. The molecule has 1 aromatic carbocycles. The Balaban J connectivity index is 2.11. The number of Topliss-reactive ketones (excluding diaryl/α,β-unsaturated/α-hetero) is 1. The summed E-state index contributed by atoms with van der Waals surface area (Å²) in [6.07, 6.45) is 2.58. The van der Waals surface area contributed by atoms with Crippen LogP contribution in [-0.4, -0.2) is 22.9 Å². The van der Waals surface area contributed by atoms with Crippen molar-refractivity contribution < 1.29 is 14.3 Å². The largest absolute Gasteiger partial charge is 0.453 e. The summed E-state index contributed by atoms with van der Waals surface area (Å²) in [4.78, 5) is 24.3. The predicted molar refractivity (Wildman–Crippen MR) is 109 cm³/mol. The minimum Gasteiger partial charge on any atom is -0.453 e. The van der Waals surface area contributed by atoms with Crippen molar-refractivity contribution in [2.24, 2.45) is 5.92 Å². The number of benzene rings is 1. The highest BCUT2D eigenvalue weighted by Crippen LogP contribution is 2.20. The number of aryl methyl sites for hydroxylation is 1. The third kappa shape index (κ3) is 5.43. The summed E-state index contributed by atoms with van der Waals surface area (Å²) in [6, 6.07) is 12.4. The Labute approximate surface area is 166 Å². The molecule has 0 aliphatic heterocycles. The van der Waals surface area contributed by atoms with E-state index in [2.05, 4.69) is 18.4 Å². The van der Waals surface area contributed by atoms with Gasteiger partial charge in [0.05, 0.1) is 0 Å². The average molecular weight is 378 g/mol. The minimum absolute atomic E-state index is 0.120. The molecule has 0 saturated carbocycles. The predicted octanol–water partition coefficient (Wildman–Crippen LogP) is 4.48. The lowest BCUT2D eigenvalue weighted by molar-refractivity contribution is -0.137. The van der Waals surface area contributed by atoms with E-state index in [0.29, 0.717) is 11.5 Å². The first-order chi connectivity index (χ1) is 13.3. The van der Waals surface area contributed by atoms with Gasteiger partial charge in [0.1, 0.15) is 11.6 Å². The van der Waals surface area contributed by atoms with Crippen molar-refractivity contribution in [2.75, 3.05) is 6.61 Å². The molecule has 0 aliphatic rings. The molecule has 5 heteroatoms. The molecule has 0 unspecified atom stereocenters. The molecular weight excluding hydrogens is 352 g/mol. The summed E-state index contributed by atoms with van der Waals surface area (Å²) in [6.45, 7) is 8.83. The van der Waals surface area contributed by atoms with Crippen LogP contribution in [0.25, 0.3) is 6.08 Å². The van der Waals surface area contributed by atoms with Gasteiger partial charge in [-0.25, -0.2) is 4.79 Å². The zero-order valence-corrected chi connectivity index (χ0v) is 16.9. The number of aromatic nitrogens is 1. The monoisotopic (exact) mass is 378 g/mol. The Morgan fingerprint density at radius 3 is 2.50 bits per heavy atom. The van der Waals surface area contributed by atoms with Crippen molar-refractivity contribution in [3.63, 3.8) is 0 Å². The van der Waals surface area contributed by atoms with Crippen LogP contribution in [0.5, 0.6) is 0 Å². The van der Waals surface area contributed by atoms with Crippen LogP contribution in [0.4, 0.5) is 0 Å². The minimum atomic E-state index is -0.793. The Hall–Kier alpha value is -3.13. The quantitative estimate of drug-likeness (QED) is 0.294. The maximum atomic E-state index is 12.3. The van der Waals surface area contributed by atoms with E-state index in [9.17, 15) is 14.9 Å². The number of ketones is 1. The molecule has 146 valence electrons. The number of hydrogen-bond acceptors (Lipinski definition) is 4. The van der Waals surface area contributed by atoms with Gasteiger partial charge in [-0.2, -0.15) is 5.26 Å². The first kappa shape index (κ1) is 21.2. The molecule has 0 radical (unpaired) electrons. The molecule has 0 atom stereocenters. The molecule has 1 aromatic heterocycles. The first-order valence-electron chi connectivity index (χ1n) is 9.37. The molecule has 0 bridgehead atoms. The van der Waals surface area contributed by atoms with E-state index in [4.69, 9.17) is 4.74 Å². The fraction of sp³-hybridized carbons (Fsp3) is 0.348. The van der Waals surface area contributed by atoms with Gasteiger partial charge in [-0.05, 0) is 43.9 Å². The van der Waals surface area contributed by atoms with E-state index in [1.165, 1.54) is 6.08 Å². The van der Waals surface area contributed by atoms with E-state index in [1.54, 1.807) is 30.3 Å². The number of nitriles is 1. The maximum Gasteiger partial charge on any atom is 0.349 e. The summed E-state index contributed by atoms with van der Waals surface area (Å²) in [5.74, 6) is -0.510. The molecule has 0 amide bonds. The number of rotatable bonds is 8. The number of carbonyl (C=O) groups excluding carboxylic acids is 2. The molecule has 0 saturated heterocycles. The second-order valence-corrected chi connectivity index (χ2v) is 7.20. The van der Waals surface area contributed by atoms with Gasteiger partial charge < -0.3 is 9.30 Å². The Morgan fingerprint density at radius 2 is 1.89 bits per heavy atom. The van der Waals surface area contributed by atoms with E-state index < -0.39 is 12.6 Å². The summed E-state index contributed by atoms with van der Waals surface area (Å²) >= 11 is 0. The summed E-state index contributed by atoms with van der Waals surface area (Å²) in [5.41, 5.74) is 3.23. The molecule has 0 aliphatic carbocycles. The standard InChI is InChI=1S/C23H26N2O3/c1-16(2)10-11-25-17(3)12-20(18(25)4)13-21(14-24)23(27)28-15-22(26)19-8-6-5-7-9-19/h5-9,12-13,16H,10-11,15H2,1-4H3/b21-13+. The SMILES string of the molecule is Cc1cc(/C=C(\C#N)C(=O)OCC(=O)c2ccccc2)c(C)n1CCC(C)C. The molecule has 2 aromatic rings. The molecule has 2 rings (SSSR count). The molecule has 0 spiro atoms. The smallest absolute Gasteiger partial charge is 0.349 e. The highest BCUT2D eigenvalue weighted by atomic mass is 16.5. The fourth-order valence-electron chi connectivity index (χ4n) is 2.91. The van der Waals surface area contributed by atoms with Gasteiger partial charge in [0.15, 0.2) is 12.4 Å². The number of carbonyl (C=O) groups is 2. The summed E-state index contributed by atoms with van der Waals surface area (Å²) in [7, 11) is 0. The Morgan fingerprint density at radius 1 is 1.21 bits per heavy atom. The van der Waals surface area contributed by atoms with Gasteiger partial charge in [0.25, 0.3) is 0 Å². The van der Waals surface area contributed by atoms with Gasteiger partial charge in [-0.15, -0.1) is 0 Å². The van der Waals surface area contributed by atoms with Gasteiger partial charge in [-0.3, -0.25) is 4.79 Å². The van der Waals surface area contributed by atoms with Crippen LogP contribution < -0.4 is 0 Å². The lowest BCUT2D eigenvalue weighted by atomic mass is 10.1. The van der Waals surface area contributed by atoms with Crippen molar-refractivity contribution >= 4 is 17.8 Å². The molecule has 1 heterocycles. The van der Waals surface area contributed by atoms with Crippen molar-refractivity contribution in [3.05, 3.63) is 64.5 Å². The van der Waals surface area contributed by atoms with Crippen LogP contribution in [0, 0.1) is 31.1 Å². The maximum absolute atomic E-state index is 12.3. The lowest BCUT2D eigenvalue weighted by Crippen LogP contribution is -2.15. The van der Waals surface area contributed by atoms with E-state index >= 15 is 0 Å². The van der Waals surface area contributed by atoms with Crippen LogP contribution in [0.1, 0.15) is 47.6 Å². The van der Waals surface area contributed by atoms with Crippen molar-refractivity contribution in [1.82, 2.24) is 4.57 Å². The molecule has 0 N–H and O–H groups in total. The molecule has 0 fully saturated rings. The zero-order valence-electron chi connectivity index (χ0n) is 16.9. The first-order valence-corrected chi connectivity index (χ1v) is 9.37. The van der Waals surface area contributed by atoms with Crippen LogP contribution in [0.2, 0.25) is 0 Å². The topological polar surface area (TPSA) is 72.1 Å². The van der Waals surface area contributed by atoms with Crippen molar-refractivity contribution in [3.8, 4) is 6.07 Å². The van der Waals surface area contributed by atoms with Crippen molar-refractivity contribution in [2.45, 2.75) is 40.7 Å². The number of nitrogens with zero attached hydrogens (tertiary/aromatic N) is 2. The van der Waals surface area contributed by atoms with Gasteiger partial charge in [-0.1, -0.05) is 44.2 Å². The normalized spacial score (nSPS) is 11.4. The van der Waals surface area contributed by atoms with E-state index in [1.807, 2.05) is 26.0 Å². The Bertz CT molecular complexity index is 915. The van der Waals surface area contributed by atoms with Gasteiger partial charge in [0, 0.05) is 23.5 Å². The summed E-state index contributed by atoms with van der Waals surface area (Å²) in [5, 5.41) is 9.37. The number of hydrogen-bond donors (Lipinski definition) is 0. The fourth-order valence-corrected chi connectivity index (χ4v) is 2.91. The lowest BCUT2D eigenvalue weighted by Gasteiger charge is -2.11. The molecular formula is C23H26N2O3. The highest BCUT2D eigenvalue weighted by Gasteiger charge is 2.16. The highest BCUT2D eigenvalue weighted by molar-refractivity contribution is 6.01. The third-order valence-corrected chi connectivity index (χ3v) is 4.61. The number of esters is 1. The van der Waals surface area contributed by atoms with Crippen LogP contribution in [-0.2, 0) is 16.1 Å². The zero-order chi connectivity index (χ0) is 20.7. The Kier molecular flexibility index (Phi) is 7.34. The molecule has 5 nitrogen and oxygen atoms in total. The summed E-state index contributed by atoms with van der Waals surface area (Å²) < 4.78 is 7.24. The van der Waals surface area contributed by atoms with E-state index in [-0.39, 0.29) is 11.4 Å².